The molecule has 0 atom stereocenters. The molecule has 0 unspecified atom stereocenters. The van der Waals surface area contributed by atoms with Crippen LogP contribution in [0.15, 0.2) is 0 Å². The van der Waals surface area contributed by atoms with Crippen LogP contribution in [-0.4, -0.2) is 35.6 Å². The van der Waals surface area contributed by atoms with Crippen LogP contribution in [0.25, 0.3) is 0 Å². The molecule has 74 valence electrons. The zero-order chi connectivity index (χ0) is 10.1. The van der Waals surface area contributed by atoms with Crippen molar-refractivity contribution in [2.45, 2.75) is 26.2 Å². The molecule has 1 fully saturated rings. The monoisotopic (exact) mass is 184 g/mol. The van der Waals surface area contributed by atoms with Crippen LogP contribution >= 0.6 is 0 Å². The molecule has 0 aromatic heterocycles. The third-order valence-corrected chi connectivity index (χ3v) is 1.69. The van der Waals surface area contributed by atoms with Crippen molar-refractivity contribution in [2.24, 2.45) is 0 Å². The number of aliphatic hydroxyl groups is 1. The molecule has 1 rings (SSSR count). The Morgan fingerprint density at radius 3 is 2.38 bits per heavy atom. The van der Waals surface area contributed by atoms with Crippen molar-refractivity contribution in [3.63, 3.8) is 0 Å². The van der Waals surface area contributed by atoms with Crippen LogP contribution < -0.4 is 0 Å². The molecular weight excluding hydrogens is 168 g/mol. The molecular formula is C9H16N2O2. The molecule has 4 heteroatoms. The van der Waals surface area contributed by atoms with E-state index in [4.69, 9.17) is 10.4 Å². The maximum Gasteiger partial charge on any atom is 0.236 e. The third kappa shape index (κ3) is 5.21. The normalized spacial score (nSPS) is 14.4. The highest BCUT2D eigenvalue weighted by Gasteiger charge is 2.16. The summed E-state index contributed by atoms with van der Waals surface area (Å²) < 4.78 is 0. The van der Waals surface area contributed by atoms with Gasteiger partial charge < -0.3 is 10.0 Å². The second-order valence-electron chi connectivity index (χ2n) is 2.74. The van der Waals surface area contributed by atoms with E-state index in [2.05, 4.69) is 0 Å². The molecule has 13 heavy (non-hydrogen) atoms. The number of amides is 1. The summed E-state index contributed by atoms with van der Waals surface area (Å²) in [5.41, 5.74) is 0. The summed E-state index contributed by atoms with van der Waals surface area (Å²) in [6, 6.07) is 1.85. The average molecular weight is 184 g/mol. The Kier molecular flexibility index (Phi) is 6.93. The van der Waals surface area contributed by atoms with E-state index >= 15 is 0 Å². The summed E-state index contributed by atoms with van der Waals surface area (Å²) >= 11 is 0. The van der Waals surface area contributed by atoms with Gasteiger partial charge in [-0.3, -0.25) is 4.79 Å². The fraction of sp³-hybridized carbons (Fsp3) is 0.778. The van der Waals surface area contributed by atoms with Crippen molar-refractivity contribution in [1.82, 2.24) is 4.90 Å². The van der Waals surface area contributed by atoms with Gasteiger partial charge in [-0.25, -0.2) is 0 Å². The molecule has 4 nitrogen and oxygen atoms in total. The van der Waals surface area contributed by atoms with Gasteiger partial charge in [-0.1, -0.05) is 0 Å². The molecule has 0 aliphatic carbocycles. The molecule has 0 spiro atoms. The summed E-state index contributed by atoms with van der Waals surface area (Å²) in [6.45, 7) is 3.63. The number of likely N-dealkylation sites (tertiary alicyclic amines) is 1. The number of hydrogen-bond acceptors (Lipinski definition) is 3. The Morgan fingerprint density at radius 1 is 1.54 bits per heavy atom. The lowest BCUT2D eigenvalue weighted by Crippen LogP contribution is -2.26. The fourth-order valence-electron chi connectivity index (χ4n) is 1.15. The minimum Gasteiger partial charge on any atom is -0.397 e. The number of nitrogens with zero attached hydrogens (tertiary/aromatic N) is 2. The first kappa shape index (κ1) is 11.9. The van der Waals surface area contributed by atoms with Crippen LogP contribution in [0.3, 0.4) is 0 Å². The average Bonchev–Trinajstić information content (AvgIpc) is 2.58. The molecule has 1 aliphatic rings. The minimum absolute atomic E-state index is 0.0139. The Bertz CT molecular complexity index is 181. The van der Waals surface area contributed by atoms with Crippen molar-refractivity contribution in [3.05, 3.63) is 0 Å². The number of nitriles is 1. The first-order chi connectivity index (χ1) is 6.26. The summed E-state index contributed by atoms with van der Waals surface area (Å²) in [5, 5.41) is 15.8. The summed E-state index contributed by atoms with van der Waals surface area (Å²) in [4.78, 5) is 12.7. The number of rotatable bonds is 1. The highest BCUT2D eigenvalue weighted by Crippen LogP contribution is 2.07. The molecule has 1 aliphatic heterocycles. The Labute approximate surface area is 78.8 Å². The molecule has 0 saturated carbocycles. The number of carbonyl (C=O) groups is 1. The lowest BCUT2D eigenvalue weighted by atomic mass is 10.4. The topological polar surface area (TPSA) is 64.3 Å². The molecule has 0 aromatic carbocycles. The Balaban J connectivity index is 0.000000424. The predicted molar refractivity (Wildman–Crippen MR) is 48.8 cm³/mol. The van der Waals surface area contributed by atoms with Gasteiger partial charge in [-0.2, -0.15) is 5.26 Å². The summed E-state index contributed by atoms with van der Waals surface area (Å²) in [6.07, 6.45) is 2.23. The molecule has 1 amide bonds. The third-order valence-electron chi connectivity index (χ3n) is 1.69. The Hall–Kier alpha value is -1.08. The van der Waals surface area contributed by atoms with E-state index in [1.54, 1.807) is 11.8 Å². The Morgan fingerprint density at radius 2 is 2.00 bits per heavy atom. The van der Waals surface area contributed by atoms with Gasteiger partial charge in [0.05, 0.1) is 6.07 Å². The van der Waals surface area contributed by atoms with Crippen molar-refractivity contribution in [1.29, 1.82) is 5.26 Å². The predicted octanol–water partition coefficient (Wildman–Crippen LogP) is 0.521. The zero-order valence-corrected chi connectivity index (χ0v) is 7.99. The van der Waals surface area contributed by atoms with Gasteiger partial charge in [0.2, 0.25) is 5.91 Å². The van der Waals surface area contributed by atoms with Gasteiger partial charge in [0.1, 0.15) is 6.42 Å². The van der Waals surface area contributed by atoms with E-state index in [0.29, 0.717) is 0 Å². The number of carbonyl (C=O) groups excluding carboxylic acids is 1. The van der Waals surface area contributed by atoms with Crippen molar-refractivity contribution < 1.29 is 9.90 Å². The molecule has 0 aromatic rings. The highest BCUT2D eigenvalue weighted by atomic mass is 16.2. The summed E-state index contributed by atoms with van der Waals surface area (Å²) in [5.74, 6) is -0.0139. The van der Waals surface area contributed by atoms with Crippen LogP contribution in [0.5, 0.6) is 0 Å². The SMILES string of the molecule is CCO.N#CCC(=O)N1CCCC1. The quantitative estimate of drug-likeness (QED) is 0.646. The summed E-state index contributed by atoms with van der Waals surface area (Å²) in [7, 11) is 0. The van der Waals surface area contributed by atoms with E-state index < -0.39 is 0 Å². The maximum absolute atomic E-state index is 10.9. The van der Waals surface area contributed by atoms with Crippen LogP contribution in [0.1, 0.15) is 26.2 Å². The first-order valence-electron chi connectivity index (χ1n) is 4.51. The van der Waals surface area contributed by atoms with Crippen LogP contribution in [-0.2, 0) is 4.79 Å². The van der Waals surface area contributed by atoms with E-state index in [1.165, 1.54) is 0 Å². The fourth-order valence-corrected chi connectivity index (χ4v) is 1.15. The molecule has 1 heterocycles. The van der Waals surface area contributed by atoms with Gasteiger partial charge in [0.25, 0.3) is 0 Å². The van der Waals surface area contributed by atoms with Crippen LogP contribution in [0.2, 0.25) is 0 Å². The van der Waals surface area contributed by atoms with Gasteiger partial charge in [-0.15, -0.1) is 0 Å². The van der Waals surface area contributed by atoms with Gasteiger partial charge in [-0.05, 0) is 19.8 Å². The van der Waals surface area contributed by atoms with Crippen molar-refractivity contribution >= 4 is 5.91 Å². The minimum atomic E-state index is -0.0139. The standard InChI is InChI=1S/C7H10N2O.C2H6O/c8-4-3-7(10)9-5-1-2-6-9;1-2-3/h1-3,5-6H2;3H,2H2,1H3. The first-order valence-corrected chi connectivity index (χ1v) is 4.51. The van der Waals surface area contributed by atoms with Crippen molar-refractivity contribution in [2.75, 3.05) is 19.7 Å². The van der Waals surface area contributed by atoms with E-state index in [1.807, 2.05) is 6.07 Å². The molecule has 0 bridgehead atoms. The zero-order valence-electron chi connectivity index (χ0n) is 7.99. The van der Waals surface area contributed by atoms with Gasteiger partial charge in [0, 0.05) is 19.7 Å². The second-order valence-corrected chi connectivity index (χ2v) is 2.74. The lowest BCUT2D eigenvalue weighted by molar-refractivity contribution is -0.129. The van der Waals surface area contributed by atoms with Crippen LogP contribution in [0.4, 0.5) is 0 Å². The highest BCUT2D eigenvalue weighted by molar-refractivity contribution is 5.78. The van der Waals surface area contributed by atoms with Crippen LogP contribution in [0, 0.1) is 11.3 Å². The lowest BCUT2D eigenvalue weighted by Gasteiger charge is -2.11. The number of hydrogen-bond donors (Lipinski definition) is 1. The van der Waals surface area contributed by atoms with Gasteiger partial charge in [0.15, 0.2) is 0 Å². The molecule has 1 saturated heterocycles. The molecule has 1 N–H and O–H groups in total. The smallest absolute Gasteiger partial charge is 0.236 e. The van der Waals surface area contributed by atoms with Gasteiger partial charge >= 0.3 is 0 Å². The molecule has 0 radical (unpaired) electrons. The number of aliphatic hydroxyl groups excluding tert-OH is 1. The van der Waals surface area contributed by atoms with Crippen molar-refractivity contribution in [3.8, 4) is 6.07 Å². The second kappa shape index (κ2) is 7.56. The van der Waals surface area contributed by atoms with E-state index in [0.717, 1.165) is 25.9 Å². The maximum atomic E-state index is 10.9. The van der Waals surface area contributed by atoms with E-state index in [9.17, 15) is 4.79 Å². The largest absolute Gasteiger partial charge is 0.397 e. The van der Waals surface area contributed by atoms with E-state index in [-0.39, 0.29) is 18.9 Å².